The fourth-order valence-electron chi connectivity index (χ4n) is 3.28. The maximum atomic E-state index is 5.54. The molecule has 2 heteroatoms. The summed E-state index contributed by atoms with van der Waals surface area (Å²) in [6.07, 6.45) is 26.8. The van der Waals surface area contributed by atoms with Crippen LogP contribution in [0, 0.1) is 0 Å². The van der Waals surface area contributed by atoms with Gasteiger partial charge >= 0.3 is 0 Å². The molecule has 0 radical (unpaired) electrons. The van der Waals surface area contributed by atoms with E-state index in [1.165, 1.54) is 103 Å². The van der Waals surface area contributed by atoms with Gasteiger partial charge in [0.25, 0.3) is 0 Å². The predicted octanol–water partition coefficient (Wildman–Crippen LogP) is 6.69. The molecule has 0 aliphatic rings. The van der Waals surface area contributed by atoms with Crippen molar-refractivity contribution in [3.05, 3.63) is 12.2 Å². The van der Waals surface area contributed by atoms with Crippen LogP contribution in [0.15, 0.2) is 12.2 Å². The molecule has 0 aliphatic carbocycles. The third-order valence-corrected chi connectivity index (χ3v) is 5.05. The standard InChI is InChI=1S/C23H48N2/c1-3-4-5-6-7-8-9-10-11-12-13-14-15-16-17-18-19-22-25(2)23-20-21-24/h10-11H,3-9,12-24H2,1-2H3/b11-10-. The van der Waals surface area contributed by atoms with Crippen molar-refractivity contribution in [3.8, 4) is 0 Å². The summed E-state index contributed by atoms with van der Waals surface area (Å²) < 4.78 is 0. The molecule has 0 unspecified atom stereocenters. The molecule has 0 saturated heterocycles. The highest BCUT2D eigenvalue weighted by Crippen LogP contribution is 2.10. The van der Waals surface area contributed by atoms with Crippen molar-refractivity contribution in [1.29, 1.82) is 0 Å². The summed E-state index contributed by atoms with van der Waals surface area (Å²) in [5.41, 5.74) is 5.54. The van der Waals surface area contributed by atoms with E-state index in [2.05, 4.69) is 31.0 Å². The Morgan fingerprint density at radius 3 is 1.56 bits per heavy atom. The lowest BCUT2D eigenvalue weighted by Crippen LogP contribution is -2.22. The minimum absolute atomic E-state index is 0.818. The monoisotopic (exact) mass is 352 g/mol. The molecule has 0 aliphatic heterocycles. The molecule has 0 bridgehead atoms. The van der Waals surface area contributed by atoms with E-state index in [4.69, 9.17) is 5.73 Å². The summed E-state index contributed by atoms with van der Waals surface area (Å²) in [6, 6.07) is 0. The van der Waals surface area contributed by atoms with E-state index < -0.39 is 0 Å². The van der Waals surface area contributed by atoms with E-state index in [0.29, 0.717) is 0 Å². The highest BCUT2D eigenvalue weighted by molar-refractivity contribution is 4.81. The molecular weight excluding hydrogens is 304 g/mol. The first kappa shape index (κ1) is 24.7. The van der Waals surface area contributed by atoms with Crippen molar-refractivity contribution in [2.75, 3.05) is 26.7 Å². The molecule has 2 N–H and O–H groups in total. The Bertz CT molecular complexity index is 263. The molecule has 0 saturated carbocycles. The summed E-state index contributed by atoms with van der Waals surface area (Å²) in [4.78, 5) is 2.42. The van der Waals surface area contributed by atoms with Crippen LogP contribution in [0.1, 0.15) is 110 Å². The lowest BCUT2D eigenvalue weighted by molar-refractivity contribution is 0.321. The van der Waals surface area contributed by atoms with Gasteiger partial charge in [0.2, 0.25) is 0 Å². The smallest absolute Gasteiger partial charge is 0.000977 e. The molecule has 0 aromatic rings. The molecule has 25 heavy (non-hydrogen) atoms. The van der Waals surface area contributed by atoms with Gasteiger partial charge in [-0.3, -0.25) is 0 Å². The Morgan fingerprint density at radius 2 is 1.04 bits per heavy atom. The van der Waals surface area contributed by atoms with E-state index in [-0.39, 0.29) is 0 Å². The van der Waals surface area contributed by atoms with Gasteiger partial charge in [-0.1, -0.05) is 83.3 Å². The number of rotatable bonds is 20. The second-order valence-corrected chi connectivity index (χ2v) is 7.74. The van der Waals surface area contributed by atoms with Crippen molar-refractivity contribution >= 4 is 0 Å². The fourth-order valence-corrected chi connectivity index (χ4v) is 3.28. The Hall–Kier alpha value is -0.340. The van der Waals surface area contributed by atoms with Crippen LogP contribution < -0.4 is 5.73 Å². The number of unbranched alkanes of at least 4 members (excludes halogenated alkanes) is 13. The highest BCUT2D eigenvalue weighted by atomic mass is 15.1. The molecule has 0 fully saturated rings. The van der Waals surface area contributed by atoms with Crippen LogP contribution in [0.2, 0.25) is 0 Å². The molecule has 0 aromatic heterocycles. The van der Waals surface area contributed by atoms with Gasteiger partial charge in [-0.15, -0.1) is 0 Å². The molecule has 0 rings (SSSR count). The molecule has 0 spiro atoms. The van der Waals surface area contributed by atoms with Gasteiger partial charge in [-0.25, -0.2) is 0 Å². The van der Waals surface area contributed by atoms with Crippen molar-refractivity contribution < 1.29 is 0 Å². The van der Waals surface area contributed by atoms with Crippen LogP contribution in [0.5, 0.6) is 0 Å². The van der Waals surface area contributed by atoms with Gasteiger partial charge in [0.1, 0.15) is 0 Å². The minimum atomic E-state index is 0.818. The van der Waals surface area contributed by atoms with E-state index in [1.807, 2.05) is 0 Å². The van der Waals surface area contributed by atoms with Crippen molar-refractivity contribution in [1.82, 2.24) is 4.90 Å². The third kappa shape index (κ3) is 21.6. The van der Waals surface area contributed by atoms with Gasteiger partial charge in [-0.2, -0.15) is 0 Å². The maximum absolute atomic E-state index is 5.54. The third-order valence-electron chi connectivity index (χ3n) is 5.05. The summed E-state index contributed by atoms with van der Waals surface area (Å²) >= 11 is 0. The number of hydrogen-bond donors (Lipinski definition) is 1. The zero-order valence-corrected chi connectivity index (χ0v) is 17.6. The Kier molecular flexibility index (Phi) is 21.4. The summed E-state index contributed by atoms with van der Waals surface area (Å²) in [5.74, 6) is 0. The van der Waals surface area contributed by atoms with Crippen LogP contribution in [0.3, 0.4) is 0 Å². The van der Waals surface area contributed by atoms with Gasteiger partial charge in [0.15, 0.2) is 0 Å². The first-order valence-electron chi connectivity index (χ1n) is 11.3. The number of nitrogens with two attached hydrogens (primary N) is 1. The van der Waals surface area contributed by atoms with Crippen LogP contribution in [-0.2, 0) is 0 Å². The number of hydrogen-bond acceptors (Lipinski definition) is 2. The van der Waals surface area contributed by atoms with Gasteiger partial charge in [0.05, 0.1) is 0 Å². The van der Waals surface area contributed by atoms with E-state index in [1.54, 1.807) is 0 Å². The van der Waals surface area contributed by atoms with Crippen LogP contribution in [-0.4, -0.2) is 31.6 Å². The minimum Gasteiger partial charge on any atom is -0.330 e. The van der Waals surface area contributed by atoms with Crippen LogP contribution >= 0.6 is 0 Å². The SMILES string of the molecule is CCCCCCCC/C=C\CCCCCCCCCN(C)CCCN. The molecule has 0 aromatic carbocycles. The molecule has 0 amide bonds. The Morgan fingerprint density at radius 1 is 0.600 bits per heavy atom. The highest BCUT2D eigenvalue weighted by Gasteiger charge is 1.97. The maximum Gasteiger partial charge on any atom is -0.000977 e. The Balaban J connectivity index is 3.12. The van der Waals surface area contributed by atoms with Gasteiger partial charge in [0, 0.05) is 0 Å². The molecule has 2 nitrogen and oxygen atoms in total. The zero-order valence-electron chi connectivity index (χ0n) is 17.6. The van der Waals surface area contributed by atoms with Crippen molar-refractivity contribution in [2.45, 2.75) is 110 Å². The first-order chi connectivity index (χ1) is 12.3. The van der Waals surface area contributed by atoms with Gasteiger partial charge in [-0.05, 0) is 65.2 Å². The van der Waals surface area contributed by atoms with Gasteiger partial charge < -0.3 is 10.6 Å². The first-order valence-corrected chi connectivity index (χ1v) is 11.3. The number of nitrogens with zero attached hydrogens (tertiary/aromatic N) is 1. The fraction of sp³-hybridized carbons (Fsp3) is 0.913. The molecular formula is C23H48N2. The van der Waals surface area contributed by atoms with Crippen LogP contribution in [0.4, 0.5) is 0 Å². The van der Waals surface area contributed by atoms with Crippen molar-refractivity contribution in [2.24, 2.45) is 5.73 Å². The normalized spacial score (nSPS) is 11.8. The largest absolute Gasteiger partial charge is 0.330 e. The van der Waals surface area contributed by atoms with Crippen molar-refractivity contribution in [3.63, 3.8) is 0 Å². The van der Waals surface area contributed by atoms with E-state index in [9.17, 15) is 0 Å². The molecule has 150 valence electrons. The Labute approximate surface area is 159 Å². The predicted molar refractivity (Wildman–Crippen MR) is 115 cm³/mol. The summed E-state index contributed by atoms with van der Waals surface area (Å²) in [5, 5.41) is 0. The zero-order chi connectivity index (χ0) is 18.4. The average Bonchev–Trinajstić information content (AvgIpc) is 2.62. The van der Waals surface area contributed by atoms with Crippen LogP contribution in [0.25, 0.3) is 0 Å². The van der Waals surface area contributed by atoms with E-state index >= 15 is 0 Å². The summed E-state index contributed by atoms with van der Waals surface area (Å²) in [6.45, 7) is 5.50. The lowest BCUT2D eigenvalue weighted by Gasteiger charge is -2.15. The lowest BCUT2D eigenvalue weighted by atomic mass is 10.1. The van der Waals surface area contributed by atoms with E-state index in [0.717, 1.165) is 19.5 Å². The topological polar surface area (TPSA) is 29.3 Å². The summed E-state index contributed by atoms with van der Waals surface area (Å²) in [7, 11) is 2.22. The molecule has 0 heterocycles. The number of allylic oxidation sites excluding steroid dienone is 2. The quantitative estimate of drug-likeness (QED) is 0.195. The average molecular weight is 353 g/mol. The molecule has 0 atom stereocenters. The second kappa shape index (κ2) is 21.7. The second-order valence-electron chi connectivity index (χ2n) is 7.74.